The monoisotopic (exact) mass is 397 g/mol. The number of hydrogen-bond acceptors (Lipinski definition) is 5. The molecular weight excluding hydrogens is 374 g/mol. The van der Waals surface area contributed by atoms with Crippen molar-refractivity contribution in [1.82, 2.24) is 10.2 Å². The molecule has 1 aliphatic rings. The minimum Gasteiger partial charge on any atom is -0.497 e. The molecule has 2 aromatic carbocycles. The summed E-state index contributed by atoms with van der Waals surface area (Å²) in [6.45, 7) is 1.41. The summed E-state index contributed by atoms with van der Waals surface area (Å²) in [6, 6.07) is 13.1. The molecule has 0 aliphatic carbocycles. The van der Waals surface area contributed by atoms with Crippen LogP contribution in [-0.2, 0) is 11.3 Å². The highest BCUT2D eigenvalue weighted by molar-refractivity contribution is 5.94. The SMILES string of the molecule is COc1ccc(CNC(=O)C2CCN(C(=O)c3ccc([N+](=O)[O-])cc3)CC2)cc1. The molecule has 3 rings (SSSR count). The third-order valence-electron chi connectivity index (χ3n) is 5.10. The number of non-ortho nitro benzene ring substituents is 1. The van der Waals surface area contributed by atoms with Crippen LogP contribution in [0.3, 0.4) is 0 Å². The van der Waals surface area contributed by atoms with Gasteiger partial charge in [0.1, 0.15) is 5.75 Å². The molecule has 1 heterocycles. The molecule has 1 fully saturated rings. The number of carbonyl (C=O) groups is 2. The maximum absolute atomic E-state index is 12.6. The number of nitro benzene ring substituents is 1. The summed E-state index contributed by atoms with van der Waals surface area (Å²) in [5.74, 6) is 0.458. The second kappa shape index (κ2) is 9.18. The predicted octanol–water partition coefficient (Wildman–Crippen LogP) is 2.77. The lowest BCUT2D eigenvalue weighted by atomic mass is 9.95. The van der Waals surface area contributed by atoms with Crippen LogP contribution < -0.4 is 10.1 Å². The van der Waals surface area contributed by atoms with E-state index in [0.29, 0.717) is 38.0 Å². The lowest BCUT2D eigenvalue weighted by Crippen LogP contribution is -2.42. The summed E-state index contributed by atoms with van der Waals surface area (Å²) in [4.78, 5) is 36.9. The van der Waals surface area contributed by atoms with E-state index < -0.39 is 4.92 Å². The van der Waals surface area contributed by atoms with Crippen LogP contribution in [0.1, 0.15) is 28.8 Å². The number of likely N-dealkylation sites (tertiary alicyclic amines) is 1. The van der Waals surface area contributed by atoms with E-state index in [-0.39, 0.29) is 23.4 Å². The van der Waals surface area contributed by atoms with Gasteiger partial charge in [-0.15, -0.1) is 0 Å². The maximum atomic E-state index is 12.6. The van der Waals surface area contributed by atoms with Crippen molar-refractivity contribution in [2.45, 2.75) is 19.4 Å². The Morgan fingerprint density at radius 2 is 1.72 bits per heavy atom. The highest BCUT2D eigenvalue weighted by Gasteiger charge is 2.27. The van der Waals surface area contributed by atoms with E-state index in [1.807, 2.05) is 24.3 Å². The number of amides is 2. The fourth-order valence-electron chi connectivity index (χ4n) is 3.33. The van der Waals surface area contributed by atoms with E-state index in [2.05, 4.69) is 5.32 Å². The molecular formula is C21H23N3O5. The van der Waals surface area contributed by atoms with Crippen molar-refractivity contribution < 1.29 is 19.2 Å². The van der Waals surface area contributed by atoms with Crippen molar-refractivity contribution in [3.8, 4) is 5.75 Å². The molecule has 2 aromatic rings. The second-order valence-corrected chi connectivity index (χ2v) is 6.94. The number of methoxy groups -OCH3 is 1. The van der Waals surface area contributed by atoms with E-state index in [1.165, 1.54) is 24.3 Å². The summed E-state index contributed by atoms with van der Waals surface area (Å²) >= 11 is 0. The van der Waals surface area contributed by atoms with Gasteiger partial charge in [-0.3, -0.25) is 19.7 Å². The predicted molar refractivity (Wildman–Crippen MR) is 107 cm³/mol. The molecule has 8 nitrogen and oxygen atoms in total. The number of ether oxygens (including phenoxy) is 1. The van der Waals surface area contributed by atoms with Gasteiger partial charge < -0.3 is 15.0 Å². The van der Waals surface area contributed by atoms with Gasteiger partial charge in [0.15, 0.2) is 0 Å². The molecule has 0 saturated carbocycles. The first kappa shape index (κ1) is 20.3. The zero-order valence-electron chi connectivity index (χ0n) is 16.2. The average Bonchev–Trinajstić information content (AvgIpc) is 2.77. The maximum Gasteiger partial charge on any atom is 0.269 e. The van der Waals surface area contributed by atoms with Crippen molar-refractivity contribution in [3.05, 3.63) is 69.8 Å². The third kappa shape index (κ3) is 5.10. The molecule has 0 bridgehead atoms. The van der Waals surface area contributed by atoms with E-state index in [0.717, 1.165) is 11.3 Å². The molecule has 152 valence electrons. The highest BCUT2D eigenvalue weighted by atomic mass is 16.6. The van der Waals surface area contributed by atoms with Crippen LogP contribution in [0.2, 0.25) is 0 Å². The zero-order valence-corrected chi connectivity index (χ0v) is 16.2. The standard InChI is InChI=1S/C21H23N3O5/c1-29-19-8-2-15(3-9-19)14-22-20(25)16-10-12-23(13-11-16)21(26)17-4-6-18(7-5-17)24(27)28/h2-9,16H,10-14H2,1H3,(H,22,25). The van der Waals surface area contributed by atoms with E-state index in [9.17, 15) is 19.7 Å². The first-order valence-corrected chi connectivity index (χ1v) is 9.42. The fourth-order valence-corrected chi connectivity index (χ4v) is 3.33. The fraction of sp³-hybridized carbons (Fsp3) is 0.333. The minimum atomic E-state index is -0.496. The summed E-state index contributed by atoms with van der Waals surface area (Å²) in [5.41, 5.74) is 1.36. The molecule has 1 aliphatic heterocycles. The lowest BCUT2D eigenvalue weighted by molar-refractivity contribution is -0.384. The molecule has 1 N–H and O–H groups in total. The zero-order chi connectivity index (χ0) is 20.8. The van der Waals surface area contributed by atoms with Crippen LogP contribution >= 0.6 is 0 Å². The third-order valence-corrected chi connectivity index (χ3v) is 5.10. The van der Waals surface area contributed by atoms with Gasteiger partial charge in [-0.2, -0.15) is 0 Å². The molecule has 29 heavy (non-hydrogen) atoms. The Balaban J connectivity index is 1.48. The molecule has 0 aromatic heterocycles. The second-order valence-electron chi connectivity index (χ2n) is 6.94. The Hall–Kier alpha value is -3.42. The van der Waals surface area contributed by atoms with E-state index in [1.54, 1.807) is 12.0 Å². The van der Waals surface area contributed by atoms with Crippen molar-refractivity contribution in [1.29, 1.82) is 0 Å². The van der Waals surface area contributed by atoms with E-state index >= 15 is 0 Å². The minimum absolute atomic E-state index is 0.0109. The van der Waals surface area contributed by atoms with Gasteiger partial charge in [0.25, 0.3) is 11.6 Å². The topological polar surface area (TPSA) is 102 Å². The van der Waals surface area contributed by atoms with Crippen LogP contribution in [-0.4, -0.2) is 41.8 Å². The number of hydrogen-bond donors (Lipinski definition) is 1. The number of rotatable bonds is 6. The molecule has 2 amide bonds. The lowest BCUT2D eigenvalue weighted by Gasteiger charge is -2.31. The Morgan fingerprint density at radius 1 is 1.10 bits per heavy atom. The molecule has 0 spiro atoms. The Bertz CT molecular complexity index is 872. The number of nitrogens with one attached hydrogen (secondary N) is 1. The quantitative estimate of drug-likeness (QED) is 0.597. The van der Waals surface area contributed by atoms with Gasteiger partial charge in [0.05, 0.1) is 12.0 Å². The van der Waals surface area contributed by atoms with Crippen LogP contribution in [0.25, 0.3) is 0 Å². The number of nitro groups is 1. The summed E-state index contributed by atoms with van der Waals surface area (Å²) < 4.78 is 5.12. The van der Waals surface area contributed by atoms with Gasteiger partial charge in [-0.1, -0.05) is 12.1 Å². The first-order valence-electron chi connectivity index (χ1n) is 9.42. The van der Waals surface area contributed by atoms with Crippen molar-refractivity contribution in [2.75, 3.05) is 20.2 Å². The van der Waals surface area contributed by atoms with Crippen molar-refractivity contribution in [3.63, 3.8) is 0 Å². The summed E-state index contributed by atoms with van der Waals surface area (Å²) in [6.07, 6.45) is 1.18. The van der Waals surface area contributed by atoms with Crippen LogP contribution in [0.15, 0.2) is 48.5 Å². The Kier molecular flexibility index (Phi) is 6.43. The molecule has 8 heteroatoms. The molecule has 1 saturated heterocycles. The average molecular weight is 397 g/mol. The Morgan fingerprint density at radius 3 is 2.28 bits per heavy atom. The smallest absolute Gasteiger partial charge is 0.269 e. The van der Waals surface area contributed by atoms with Crippen LogP contribution in [0.5, 0.6) is 5.75 Å². The summed E-state index contributed by atoms with van der Waals surface area (Å²) in [5, 5.41) is 13.7. The Labute approximate surface area is 168 Å². The molecule has 0 radical (unpaired) electrons. The molecule has 0 atom stereocenters. The number of benzene rings is 2. The largest absolute Gasteiger partial charge is 0.497 e. The van der Waals surface area contributed by atoms with E-state index in [4.69, 9.17) is 4.74 Å². The van der Waals surface area contributed by atoms with Crippen molar-refractivity contribution >= 4 is 17.5 Å². The first-order chi connectivity index (χ1) is 14.0. The van der Waals surface area contributed by atoms with Crippen LogP contribution in [0.4, 0.5) is 5.69 Å². The number of piperidine rings is 1. The van der Waals surface area contributed by atoms with Crippen molar-refractivity contribution in [2.24, 2.45) is 5.92 Å². The van der Waals surface area contributed by atoms with Gasteiger partial charge in [0, 0.05) is 43.2 Å². The normalized spacial score (nSPS) is 14.3. The summed E-state index contributed by atoms with van der Waals surface area (Å²) in [7, 11) is 1.61. The number of carbonyl (C=O) groups excluding carboxylic acids is 2. The highest BCUT2D eigenvalue weighted by Crippen LogP contribution is 2.21. The van der Waals surface area contributed by atoms with Gasteiger partial charge in [-0.05, 0) is 42.7 Å². The van der Waals surface area contributed by atoms with Crippen LogP contribution in [0, 0.1) is 16.0 Å². The van der Waals surface area contributed by atoms with Gasteiger partial charge in [0.2, 0.25) is 5.91 Å². The number of nitrogens with zero attached hydrogens (tertiary/aromatic N) is 2. The van der Waals surface area contributed by atoms with Gasteiger partial charge >= 0.3 is 0 Å². The van der Waals surface area contributed by atoms with Gasteiger partial charge in [-0.25, -0.2) is 0 Å². The molecule has 0 unspecified atom stereocenters.